The van der Waals surface area contributed by atoms with Crippen molar-refractivity contribution in [2.75, 3.05) is 0 Å². The van der Waals surface area contributed by atoms with Crippen molar-refractivity contribution in [1.82, 2.24) is 0 Å². The maximum Gasteiger partial charge on any atom is 0.313 e. The van der Waals surface area contributed by atoms with Gasteiger partial charge in [-0.05, 0) is 6.42 Å². The fourth-order valence-electron chi connectivity index (χ4n) is 3.03. The van der Waals surface area contributed by atoms with Gasteiger partial charge in [0.25, 0.3) is 0 Å². The minimum Gasteiger partial charge on any atom is -0.393 e. The molecule has 0 saturated carbocycles. The Morgan fingerprint density at radius 1 is 0.583 bits per heavy atom. The van der Waals surface area contributed by atoms with E-state index in [0.717, 1.165) is 12.8 Å². The predicted octanol–water partition coefficient (Wildman–Crippen LogP) is 6.73. The lowest BCUT2D eigenvalue weighted by Crippen LogP contribution is -2.08. The number of rotatable bonds is 17. The Labute approximate surface area is 149 Å². The first kappa shape index (κ1) is 23.1. The minimum atomic E-state index is -0.503. The van der Waals surface area contributed by atoms with Gasteiger partial charge in [0.05, 0.1) is 0 Å². The number of carbonyl (C=O) groups is 2. The third-order valence-corrected chi connectivity index (χ3v) is 4.49. The monoisotopic (exact) mass is 340 g/mol. The van der Waals surface area contributed by atoms with Crippen molar-refractivity contribution in [3.05, 3.63) is 0 Å². The van der Waals surface area contributed by atoms with E-state index in [1.807, 2.05) is 0 Å². The maximum atomic E-state index is 11.2. The third-order valence-electron chi connectivity index (χ3n) is 4.49. The van der Waals surface area contributed by atoms with Gasteiger partial charge in [0, 0.05) is 13.3 Å². The second-order valence-electron chi connectivity index (χ2n) is 7.02. The molecule has 3 nitrogen and oxygen atoms in total. The summed E-state index contributed by atoms with van der Waals surface area (Å²) < 4.78 is 4.50. The number of carbonyl (C=O) groups excluding carboxylic acids is 2. The van der Waals surface area contributed by atoms with Crippen molar-refractivity contribution in [3.8, 4) is 0 Å². The molecule has 0 aliphatic heterocycles. The summed E-state index contributed by atoms with van der Waals surface area (Å²) in [7, 11) is 0. The summed E-state index contributed by atoms with van der Waals surface area (Å²) in [5.41, 5.74) is 0. The SMILES string of the molecule is CCCCCCCCCCCCCCCCCCC(=O)OC(C)=O. The Morgan fingerprint density at radius 3 is 1.25 bits per heavy atom. The molecule has 0 heterocycles. The molecule has 0 N–H and O–H groups in total. The van der Waals surface area contributed by atoms with E-state index >= 15 is 0 Å². The fraction of sp³-hybridized carbons (Fsp3) is 0.905. The van der Waals surface area contributed by atoms with Crippen molar-refractivity contribution in [3.63, 3.8) is 0 Å². The number of unbranched alkanes of at least 4 members (excludes halogenated alkanes) is 15. The van der Waals surface area contributed by atoms with Gasteiger partial charge >= 0.3 is 11.9 Å². The summed E-state index contributed by atoms with van der Waals surface area (Å²) in [6.07, 6.45) is 21.4. The highest BCUT2D eigenvalue weighted by molar-refractivity contribution is 5.83. The lowest BCUT2D eigenvalue weighted by Gasteiger charge is -2.03. The van der Waals surface area contributed by atoms with Gasteiger partial charge in [0.2, 0.25) is 0 Å². The number of hydrogen-bond acceptors (Lipinski definition) is 3. The Morgan fingerprint density at radius 2 is 0.917 bits per heavy atom. The van der Waals surface area contributed by atoms with Gasteiger partial charge < -0.3 is 4.74 Å². The van der Waals surface area contributed by atoms with Crippen molar-refractivity contribution >= 4 is 11.9 Å². The molecule has 0 aliphatic rings. The first-order valence-corrected chi connectivity index (χ1v) is 10.4. The van der Waals surface area contributed by atoms with Crippen molar-refractivity contribution < 1.29 is 14.3 Å². The molecule has 0 amide bonds. The van der Waals surface area contributed by atoms with E-state index in [1.165, 1.54) is 96.8 Å². The first-order valence-electron chi connectivity index (χ1n) is 10.4. The second-order valence-corrected chi connectivity index (χ2v) is 7.02. The molecular formula is C21H40O3. The van der Waals surface area contributed by atoms with Crippen molar-refractivity contribution in [2.24, 2.45) is 0 Å². The average molecular weight is 341 g/mol. The molecule has 0 radical (unpaired) electrons. The average Bonchev–Trinajstić information content (AvgIpc) is 2.53. The quantitative estimate of drug-likeness (QED) is 0.167. The molecule has 0 aromatic rings. The van der Waals surface area contributed by atoms with E-state index in [1.54, 1.807) is 0 Å². The molecule has 0 saturated heterocycles. The van der Waals surface area contributed by atoms with Crippen LogP contribution >= 0.6 is 0 Å². The standard InChI is InChI=1S/C21H40O3/c1-3-4-5-6-7-8-9-10-11-12-13-14-15-16-17-18-19-21(23)24-20(2)22/h3-19H2,1-2H3. The van der Waals surface area contributed by atoms with Crippen molar-refractivity contribution in [1.29, 1.82) is 0 Å². The number of esters is 2. The zero-order chi connectivity index (χ0) is 17.9. The lowest BCUT2D eigenvalue weighted by molar-refractivity contribution is -0.158. The normalized spacial score (nSPS) is 10.8. The molecule has 0 aliphatic carbocycles. The van der Waals surface area contributed by atoms with E-state index < -0.39 is 5.97 Å². The Kier molecular flexibility index (Phi) is 17.8. The molecule has 0 aromatic carbocycles. The molecule has 3 heteroatoms. The van der Waals surface area contributed by atoms with Gasteiger partial charge in [-0.3, -0.25) is 9.59 Å². The zero-order valence-electron chi connectivity index (χ0n) is 16.2. The highest BCUT2D eigenvalue weighted by atomic mass is 16.6. The third kappa shape index (κ3) is 19.2. The molecular weight excluding hydrogens is 300 g/mol. The van der Waals surface area contributed by atoms with Crippen LogP contribution in [-0.2, 0) is 14.3 Å². The summed E-state index contributed by atoms with van der Waals surface area (Å²) in [5, 5.41) is 0. The van der Waals surface area contributed by atoms with E-state index in [2.05, 4.69) is 11.7 Å². The highest BCUT2D eigenvalue weighted by Crippen LogP contribution is 2.14. The molecule has 0 bridgehead atoms. The summed E-state index contributed by atoms with van der Waals surface area (Å²) in [4.78, 5) is 21.7. The molecule has 142 valence electrons. The molecule has 0 atom stereocenters. The predicted molar refractivity (Wildman–Crippen MR) is 101 cm³/mol. The molecule has 24 heavy (non-hydrogen) atoms. The zero-order valence-corrected chi connectivity index (χ0v) is 16.2. The van der Waals surface area contributed by atoms with Crippen LogP contribution in [0.2, 0.25) is 0 Å². The lowest BCUT2D eigenvalue weighted by atomic mass is 10.0. The van der Waals surface area contributed by atoms with Gasteiger partial charge in [0.1, 0.15) is 0 Å². The van der Waals surface area contributed by atoms with Crippen LogP contribution in [0.1, 0.15) is 123 Å². The molecule has 0 rings (SSSR count). The Hall–Kier alpha value is -0.860. The van der Waals surface area contributed by atoms with Gasteiger partial charge in [-0.25, -0.2) is 0 Å². The molecule has 0 spiro atoms. The topological polar surface area (TPSA) is 43.4 Å². The summed E-state index contributed by atoms with van der Waals surface area (Å²) in [6.45, 7) is 3.54. The van der Waals surface area contributed by atoms with Crippen LogP contribution in [0.3, 0.4) is 0 Å². The van der Waals surface area contributed by atoms with Gasteiger partial charge in [0.15, 0.2) is 0 Å². The number of hydrogen-bond donors (Lipinski definition) is 0. The smallest absolute Gasteiger partial charge is 0.313 e. The van der Waals surface area contributed by atoms with Crippen LogP contribution in [0, 0.1) is 0 Å². The van der Waals surface area contributed by atoms with E-state index in [0.29, 0.717) is 6.42 Å². The van der Waals surface area contributed by atoms with E-state index in [-0.39, 0.29) is 5.97 Å². The van der Waals surface area contributed by atoms with Crippen LogP contribution < -0.4 is 0 Å². The van der Waals surface area contributed by atoms with E-state index in [9.17, 15) is 9.59 Å². The van der Waals surface area contributed by atoms with E-state index in [4.69, 9.17) is 0 Å². The highest BCUT2D eigenvalue weighted by Gasteiger charge is 2.04. The fourth-order valence-corrected chi connectivity index (χ4v) is 3.03. The molecule has 0 aromatic heterocycles. The Balaban J connectivity index is 3.07. The van der Waals surface area contributed by atoms with Crippen LogP contribution in [-0.4, -0.2) is 11.9 Å². The van der Waals surface area contributed by atoms with Crippen molar-refractivity contribution in [2.45, 2.75) is 123 Å². The van der Waals surface area contributed by atoms with Gasteiger partial charge in [-0.15, -0.1) is 0 Å². The summed E-state index contributed by atoms with van der Waals surface area (Å²) >= 11 is 0. The van der Waals surface area contributed by atoms with Crippen LogP contribution in [0.25, 0.3) is 0 Å². The second kappa shape index (κ2) is 18.5. The maximum absolute atomic E-state index is 11.2. The van der Waals surface area contributed by atoms with Gasteiger partial charge in [-0.1, -0.05) is 103 Å². The summed E-state index contributed by atoms with van der Waals surface area (Å²) in [6, 6.07) is 0. The summed E-state index contributed by atoms with van der Waals surface area (Å²) in [5.74, 6) is -0.885. The number of ether oxygens (including phenoxy) is 1. The molecule has 0 fully saturated rings. The Bertz CT molecular complexity index is 299. The van der Waals surface area contributed by atoms with Crippen LogP contribution in [0.4, 0.5) is 0 Å². The minimum absolute atomic E-state index is 0.373. The van der Waals surface area contributed by atoms with Crippen LogP contribution in [0.15, 0.2) is 0 Å². The van der Waals surface area contributed by atoms with Gasteiger partial charge in [-0.2, -0.15) is 0 Å². The van der Waals surface area contributed by atoms with Crippen LogP contribution in [0.5, 0.6) is 0 Å². The molecule has 0 unspecified atom stereocenters. The largest absolute Gasteiger partial charge is 0.393 e. The first-order chi connectivity index (χ1) is 11.7.